The maximum atomic E-state index is 13.4. The molecule has 0 radical (unpaired) electrons. The van der Waals surface area contributed by atoms with E-state index in [2.05, 4.69) is 24.0 Å². The van der Waals surface area contributed by atoms with E-state index in [-0.39, 0.29) is 22.6 Å². The first-order valence-corrected chi connectivity index (χ1v) is 12.1. The standard InChI is InChI=1S/C23H33N3O3.C2HF3O2/c1-4-25-14-11-23(21(25)28)17-26(18(2)27)16-22(23)9-12-24(13-10-22)15-19-5-7-20(29-3)8-6-19;3-2(4,5)1(6)7/h5-8H,4,9-17H2,1-3H3;(H,6,7). The molecule has 8 nitrogen and oxygen atoms in total. The fourth-order valence-electron chi connectivity index (χ4n) is 5.83. The van der Waals surface area contributed by atoms with E-state index in [1.165, 1.54) is 5.56 Å². The van der Waals surface area contributed by atoms with Crippen LogP contribution in [-0.4, -0.2) is 90.1 Å². The Hall–Kier alpha value is -2.82. The normalized spacial score (nSPS) is 23.7. The summed E-state index contributed by atoms with van der Waals surface area (Å²) in [5.41, 5.74) is 0.832. The van der Waals surface area contributed by atoms with E-state index in [0.29, 0.717) is 6.54 Å². The average Bonchev–Trinajstić information content (AvgIpc) is 3.34. The molecule has 0 bridgehead atoms. The van der Waals surface area contributed by atoms with Gasteiger partial charge >= 0.3 is 12.1 Å². The minimum Gasteiger partial charge on any atom is -0.497 e. The number of amides is 2. The highest BCUT2D eigenvalue weighted by Gasteiger charge is 2.65. The van der Waals surface area contributed by atoms with Crippen molar-refractivity contribution in [1.82, 2.24) is 14.7 Å². The Morgan fingerprint density at radius 1 is 1.06 bits per heavy atom. The number of aliphatic carboxylic acids is 1. The van der Waals surface area contributed by atoms with Gasteiger partial charge in [-0.1, -0.05) is 12.1 Å². The van der Waals surface area contributed by atoms with Crippen molar-refractivity contribution in [2.75, 3.05) is 46.4 Å². The second-order valence-electron chi connectivity index (χ2n) is 9.80. The van der Waals surface area contributed by atoms with Crippen LogP contribution in [0.25, 0.3) is 0 Å². The summed E-state index contributed by atoms with van der Waals surface area (Å²) >= 11 is 0. The van der Waals surface area contributed by atoms with Crippen LogP contribution in [0.3, 0.4) is 0 Å². The predicted molar refractivity (Wildman–Crippen MR) is 125 cm³/mol. The number of halogens is 3. The molecule has 36 heavy (non-hydrogen) atoms. The summed E-state index contributed by atoms with van der Waals surface area (Å²) < 4.78 is 37.0. The molecule has 3 aliphatic rings. The zero-order valence-electron chi connectivity index (χ0n) is 20.9. The van der Waals surface area contributed by atoms with Gasteiger partial charge < -0.3 is 19.6 Å². The maximum Gasteiger partial charge on any atom is 0.490 e. The minimum absolute atomic E-state index is 0.0733. The summed E-state index contributed by atoms with van der Waals surface area (Å²) in [4.78, 5) is 40.9. The first-order valence-electron chi connectivity index (χ1n) is 12.1. The molecule has 3 saturated heterocycles. The molecule has 4 rings (SSSR count). The van der Waals surface area contributed by atoms with Gasteiger partial charge in [-0.2, -0.15) is 13.2 Å². The summed E-state index contributed by atoms with van der Waals surface area (Å²) in [6.45, 7) is 9.49. The molecule has 0 aromatic heterocycles. The summed E-state index contributed by atoms with van der Waals surface area (Å²) in [6, 6.07) is 8.26. The lowest BCUT2D eigenvalue weighted by atomic mass is 9.60. The van der Waals surface area contributed by atoms with Crippen molar-refractivity contribution < 1.29 is 37.4 Å². The number of carboxylic acids is 1. The maximum absolute atomic E-state index is 13.4. The van der Waals surface area contributed by atoms with Crippen LogP contribution in [0.4, 0.5) is 13.2 Å². The molecule has 200 valence electrons. The molecule has 1 aromatic rings. The lowest BCUT2D eigenvalue weighted by Crippen LogP contribution is -2.52. The Morgan fingerprint density at radius 3 is 2.08 bits per heavy atom. The SMILES string of the molecule is CCN1CCC2(CN(C(C)=O)CC23CCN(Cc2ccc(OC)cc2)CC3)C1=O.O=C(O)C(F)(F)F. The highest BCUT2D eigenvalue weighted by atomic mass is 19.4. The topological polar surface area (TPSA) is 90.4 Å². The highest BCUT2D eigenvalue weighted by molar-refractivity contribution is 5.88. The lowest BCUT2D eigenvalue weighted by molar-refractivity contribution is -0.192. The van der Waals surface area contributed by atoms with Crippen LogP contribution in [0.1, 0.15) is 38.7 Å². The molecule has 3 fully saturated rings. The number of ether oxygens (including phenoxy) is 1. The third kappa shape index (κ3) is 5.45. The number of benzene rings is 1. The number of alkyl halides is 3. The van der Waals surface area contributed by atoms with Crippen LogP contribution in [-0.2, 0) is 20.9 Å². The van der Waals surface area contributed by atoms with E-state index in [1.807, 2.05) is 21.9 Å². The molecule has 11 heteroatoms. The van der Waals surface area contributed by atoms with Crippen molar-refractivity contribution in [2.24, 2.45) is 10.8 Å². The molecule has 3 heterocycles. The second-order valence-corrected chi connectivity index (χ2v) is 9.80. The van der Waals surface area contributed by atoms with Gasteiger partial charge in [0.2, 0.25) is 11.8 Å². The summed E-state index contributed by atoms with van der Waals surface area (Å²) in [5, 5.41) is 7.12. The van der Waals surface area contributed by atoms with E-state index in [0.717, 1.165) is 64.3 Å². The van der Waals surface area contributed by atoms with E-state index in [1.54, 1.807) is 14.0 Å². The van der Waals surface area contributed by atoms with Crippen LogP contribution in [0.15, 0.2) is 24.3 Å². The number of rotatable bonds is 4. The summed E-state index contributed by atoms with van der Waals surface area (Å²) in [5.74, 6) is -1.49. The number of carbonyl (C=O) groups is 3. The van der Waals surface area contributed by atoms with Crippen LogP contribution < -0.4 is 4.74 Å². The van der Waals surface area contributed by atoms with Crippen molar-refractivity contribution in [1.29, 1.82) is 0 Å². The highest BCUT2D eigenvalue weighted by Crippen LogP contribution is 2.57. The zero-order chi connectivity index (χ0) is 26.7. The van der Waals surface area contributed by atoms with Crippen molar-refractivity contribution in [3.8, 4) is 5.75 Å². The van der Waals surface area contributed by atoms with Gasteiger partial charge in [-0.25, -0.2) is 4.79 Å². The fourth-order valence-corrected chi connectivity index (χ4v) is 5.83. The van der Waals surface area contributed by atoms with Crippen molar-refractivity contribution in [3.63, 3.8) is 0 Å². The van der Waals surface area contributed by atoms with Gasteiger partial charge in [0.25, 0.3) is 0 Å². The Morgan fingerprint density at radius 2 is 1.64 bits per heavy atom. The lowest BCUT2D eigenvalue weighted by Gasteiger charge is -2.46. The monoisotopic (exact) mass is 513 g/mol. The van der Waals surface area contributed by atoms with Crippen LogP contribution >= 0.6 is 0 Å². The van der Waals surface area contributed by atoms with Gasteiger partial charge in [0.1, 0.15) is 5.75 Å². The summed E-state index contributed by atoms with van der Waals surface area (Å²) in [6.07, 6.45) is -2.23. The first-order chi connectivity index (χ1) is 16.9. The van der Waals surface area contributed by atoms with Crippen LogP contribution in [0.5, 0.6) is 5.75 Å². The Balaban J connectivity index is 0.000000454. The van der Waals surface area contributed by atoms with Crippen LogP contribution in [0.2, 0.25) is 0 Å². The minimum atomic E-state index is -5.08. The molecular formula is C25H34F3N3O5. The molecule has 1 aromatic carbocycles. The number of carboxylic acid groups (broad SMARTS) is 1. The van der Waals surface area contributed by atoms with Gasteiger partial charge in [-0.3, -0.25) is 14.5 Å². The fraction of sp³-hybridized carbons (Fsp3) is 0.640. The molecule has 2 amide bonds. The third-order valence-corrected chi connectivity index (χ3v) is 7.92. The van der Waals surface area contributed by atoms with Gasteiger partial charge in [0, 0.05) is 45.1 Å². The van der Waals surface area contributed by atoms with E-state index >= 15 is 0 Å². The van der Waals surface area contributed by atoms with Crippen molar-refractivity contribution in [3.05, 3.63) is 29.8 Å². The van der Waals surface area contributed by atoms with E-state index < -0.39 is 12.1 Å². The number of piperidine rings is 1. The zero-order valence-corrected chi connectivity index (χ0v) is 20.9. The number of carbonyl (C=O) groups excluding carboxylic acids is 2. The number of hydrogen-bond donors (Lipinski definition) is 1. The molecule has 1 unspecified atom stereocenters. The Kier molecular flexibility index (Phi) is 8.22. The van der Waals surface area contributed by atoms with E-state index in [9.17, 15) is 22.8 Å². The number of methoxy groups -OCH3 is 1. The smallest absolute Gasteiger partial charge is 0.490 e. The number of nitrogens with zero attached hydrogens (tertiary/aromatic N) is 3. The molecule has 0 saturated carbocycles. The number of likely N-dealkylation sites (tertiary alicyclic amines) is 3. The average molecular weight is 514 g/mol. The largest absolute Gasteiger partial charge is 0.497 e. The molecule has 3 aliphatic heterocycles. The van der Waals surface area contributed by atoms with Crippen molar-refractivity contribution in [2.45, 2.75) is 45.8 Å². The van der Waals surface area contributed by atoms with Gasteiger partial charge in [0.05, 0.1) is 12.5 Å². The molecule has 0 aliphatic carbocycles. The Bertz CT molecular complexity index is 961. The van der Waals surface area contributed by atoms with Crippen molar-refractivity contribution >= 4 is 17.8 Å². The van der Waals surface area contributed by atoms with Gasteiger partial charge in [-0.05, 0) is 57.0 Å². The van der Waals surface area contributed by atoms with Crippen LogP contribution in [0, 0.1) is 10.8 Å². The summed E-state index contributed by atoms with van der Waals surface area (Å²) in [7, 11) is 1.69. The molecule has 1 N–H and O–H groups in total. The molecular weight excluding hydrogens is 479 g/mol. The Labute approximate surface area is 209 Å². The quantitative estimate of drug-likeness (QED) is 0.666. The number of hydrogen-bond acceptors (Lipinski definition) is 5. The van der Waals surface area contributed by atoms with E-state index in [4.69, 9.17) is 14.6 Å². The molecule has 1 atom stereocenters. The third-order valence-electron chi connectivity index (χ3n) is 7.92. The predicted octanol–water partition coefficient (Wildman–Crippen LogP) is 3.01. The number of fused-ring (bicyclic) bond motifs is 1. The molecule has 2 spiro atoms. The first kappa shape index (κ1) is 27.8. The van der Waals surface area contributed by atoms with Gasteiger partial charge in [-0.15, -0.1) is 0 Å². The second kappa shape index (κ2) is 10.7. The van der Waals surface area contributed by atoms with Gasteiger partial charge in [0.15, 0.2) is 0 Å².